The van der Waals surface area contributed by atoms with Gasteiger partial charge in [0.2, 0.25) is 5.95 Å². The van der Waals surface area contributed by atoms with Gasteiger partial charge in [0.15, 0.2) is 11.6 Å². The number of rotatable bonds is 2. The Hall–Kier alpha value is -2.37. The molecule has 0 atom stereocenters. The molecule has 0 bridgehead atoms. The molecule has 0 aliphatic rings. The maximum atomic E-state index is 13.0. The molecule has 0 spiro atoms. The van der Waals surface area contributed by atoms with Gasteiger partial charge in [-0.2, -0.15) is 5.10 Å². The number of phenols is 1. The molecule has 1 aromatic carbocycles. The number of aryl methyl sites for hydroxylation is 1. The maximum absolute atomic E-state index is 13.0. The second-order valence-electron chi connectivity index (χ2n) is 3.54. The maximum Gasteiger partial charge on any atom is 0.221 e. The van der Waals surface area contributed by atoms with E-state index in [1.54, 1.807) is 19.2 Å². The molecular weight excluding hydrogens is 223 g/mol. The fourth-order valence-electron chi connectivity index (χ4n) is 1.33. The molecule has 0 radical (unpaired) electrons. The van der Waals surface area contributed by atoms with Crippen molar-refractivity contribution in [2.75, 3.05) is 5.73 Å². The molecule has 0 aliphatic heterocycles. The standard InChI is InChI=1S/C11H11FN4O/c1-7-6-16(11(13)15-7)14-5-8-2-3-10(17)9(12)4-8/h2-6,17H,1H3,(H2,13,15). The number of imidazole rings is 1. The number of phenolic OH excluding ortho intramolecular Hbond substituents is 1. The Morgan fingerprint density at radius 2 is 2.29 bits per heavy atom. The van der Waals surface area contributed by atoms with Crippen LogP contribution in [0.5, 0.6) is 5.75 Å². The van der Waals surface area contributed by atoms with Crippen LogP contribution in [0.15, 0.2) is 29.5 Å². The second kappa shape index (κ2) is 4.25. The molecule has 2 rings (SSSR count). The molecular formula is C11H11FN4O. The fourth-order valence-corrected chi connectivity index (χ4v) is 1.33. The van der Waals surface area contributed by atoms with Crippen LogP contribution in [0.25, 0.3) is 0 Å². The molecule has 3 N–H and O–H groups in total. The number of aromatic hydroxyl groups is 1. The van der Waals surface area contributed by atoms with Crippen LogP contribution < -0.4 is 5.73 Å². The molecule has 17 heavy (non-hydrogen) atoms. The number of hydrogen-bond acceptors (Lipinski definition) is 4. The molecule has 0 amide bonds. The average Bonchev–Trinajstić information content (AvgIpc) is 2.59. The Morgan fingerprint density at radius 3 is 2.88 bits per heavy atom. The predicted octanol–water partition coefficient (Wildman–Crippen LogP) is 1.50. The van der Waals surface area contributed by atoms with Gasteiger partial charge >= 0.3 is 0 Å². The van der Waals surface area contributed by atoms with Crippen molar-refractivity contribution < 1.29 is 9.50 Å². The number of nitrogens with two attached hydrogens (primary N) is 1. The van der Waals surface area contributed by atoms with Crippen LogP contribution in [0.2, 0.25) is 0 Å². The third-order valence-corrected chi connectivity index (χ3v) is 2.14. The van der Waals surface area contributed by atoms with Crippen molar-refractivity contribution in [3.8, 4) is 5.75 Å². The van der Waals surface area contributed by atoms with Crippen LogP contribution in [0.1, 0.15) is 11.3 Å². The van der Waals surface area contributed by atoms with Crippen molar-refractivity contribution in [3.63, 3.8) is 0 Å². The first-order valence-corrected chi connectivity index (χ1v) is 4.90. The predicted molar refractivity (Wildman–Crippen MR) is 62.4 cm³/mol. The smallest absolute Gasteiger partial charge is 0.221 e. The third-order valence-electron chi connectivity index (χ3n) is 2.14. The first-order valence-electron chi connectivity index (χ1n) is 4.90. The summed E-state index contributed by atoms with van der Waals surface area (Å²) in [5, 5.41) is 13.0. The van der Waals surface area contributed by atoms with Crippen molar-refractivity contribution in [2.45, 2.75) is 6.92 Å². The van der Waals surface area contributed by atoms with Gasteiger partial charge in [0.1, 0.15) is 0 Å². The van der Waals surface area contributed by atoms with Gasteiger partial charge in [-0.15, -0.1) is 0 Å². The summed E-state index contributed by atoms with van der Waals surface area (Å²) < 4.78 is 14.4. The lowest BCUT2D eigenvalue weighted by Gasteiger charge is -1.97. The van der Waals surface area contributed by atoms with E-state index in [1.165, 1.54) is 23.0 Å². The molecule has 2 aromatic rings. The Labute approximate surface area is 97.0 Å². The lowest BCUT2D eigenvalue weighted by molar-refractivity contribution is 0.432. The molecule has 0 aliphatic carbocycles. The summed E-state index contributed by atoms with van der Waals surface area (Å²) in [7, 11) is 0. The highest BCUT2D eigenvalue weighted by molar-refractivity contribution is 5.79. The largest absolute Gasteiger partial charge is 0.505 e. The van der Waals surface area contributed by atoms with Crippen molar-refractivity contribution >= 4 is 12.2 Å². The van der Waals surface area contributed by atoms with Crippen LogP contribution in [0.4, 0.5) is 10.3 Å². The zero-order valence-electron chi connectivity index (χ0n) is 9.13. The van der Waals surface area contributed by atoms with E-state index in [9.17, 15) is 4.39 Å². The lowest BCUT2D eigenvalue weighted by atomic mass is 10.2. The van der Waals surface area contributed by atoms with Gasteiger partial charge in [-0.3, -0.25) is 0 Å². The highest BCUT2D eigenvalue weighted by Crippen LogP contribution is 2.15. The lowest BCUT2D eigenvalue weighted by Crippen LogP contribution is -1.97. The van der Waals surface area contributed by atoms with Gasteiger partial charge in [0, 0.05) is 0 Å². The number of hydrogen-bond donors (Lipinski definition) is 2. The number of nitrogen functional groups attached to an aromatic ring is 1. The Bertz CT molecular complexity index is 577. The highest BCUT2D eigenvalue weighted by atomic mass is 19.1. The third kappa shape index (κ3) is 2.41. The molecule has 88 valence electrons. The number of anilines is 1. The van der Waals surface area contributed by atoms with Gasteiger partial charge in [-0.25, -0.2) is 14.1 Å². The van der Waals surface area contributed by atoms with Crippen molar-refractivity contribution in [1.29, 1.82) is 0 Å². The van der Waals surface area contributed by atoms with Crippen LogP contribution in [-0.2, 0) is 0 Å². The van der Waals surface area contributed by atoms with E-state index >= 15 is 0 Å². The summed E-state index contributed by atoms with van der Waals surface area (Å²) in [6.45, 7) is 1.79. The SMILES string of the molecule is Cc1cn(N=Cc2ccc(O)c(F)c2)c(N)n1. The van der Waals surface area contributed by atoms with Gasteiger partial charge in [-0.1, -0.05) is 0 Å². The Morgan fingerprint density at radius 1 is 1.53 bits per heavy atom. The first kappa shape index (κ1) is 11.1. The zero-order chi connectivity index (χ0) is 12.4. The van der Waals surface area contributed by atoms with Gasteiger partial charge < -0.3 is 10.8 Å². The number of halogens is 1. The molecule has 1 aromatic heterocycles. The van der Waals surface area contributed by atoms with E-state index in [2.05, 4.69) is 10.1 Å². The van der Waals surface area contributed by atoms with E-state index in [1.807, 2.05) is 0 Å². The van der Waals surface area contributed by atoms with E-state index in [4.69, 9.17) is 10.8 Å². The van der Waals surface area contributed by atoms with Gasteiger partial charge in [-0.05, 0) is 30.7 Å². The first-order chi connectivity index (χ1) is 8.06. The van der Waals surface area contributed by atoms with Gasteiger partial charge in [0.05, 0.1) is 18.1 Å². The molecule has 5 nitrogen and oxygen atoms in total. The summed E-state index contributed by atoms with van der Waals surface area (Å²) in [6.07, 6.45) is 3.09. The molecule has 0 saturated carbocycles. The van der Waals surface area contributed by atoms with Crippen LogP contribution in [0.3, 0.4) is 0 Å². The zero-order valence-corrected chi connectivity index (χ0v) is 9.13. The molecule has 0 saturated heterocycles. The van der Waals surface area contributed by atoms with E-state index in [0.29, 0.717) is 5.56 Å². The quantitative estimate of drug-likeness (QED) is 0.773. The topological polar surface area (TPSA) is 76.4 Å². The Kier molecular flexibility index (Phi) is 2.78. The van der Waals surface area contributed by atoms with Crippen molar-refractivity contribution in [3.05, 3.63) is 41.5 Å². The monoisotopic (exact) mass is 234 g/mol. The molecule has 6 heteroatoms. The molecule has 0 fully saturated rings. The fraction of sp³-hybridized carbons (Fsp3) is 0.0909. The molecule has 1 heterocycles. The summed E-state index contributed by atoms with van der Waals surface area (Å²) in [5.41, 5.74) is 6.85. The van der Waals surface area contributed by atoms with E-state index in [-0.39, 0.29) is 11.7 Å². The number of benzene rings is 1. The van der Waals surface area contributed by atoms with E-state index in [0.717, 1.165) is 5.69 Å². The summed E-state index contributed by atoms with van der Waals surface area (Å²) >= 11 is 0. The van der Waals surface area contributed by atoms with Gasteiger partial charge in [0.25, 0.3) is 0 Å². The Balaban J connectivity index is 2.26. The van der Waals surface area contributed by atoms with Crippen molar-refractivity contribution in [1.82, 2.24) is 9.66 Å². The number of nitrogens with zero attached hydrogens (tertiary/aromatic N) is 3. The highest BCUT2D eigenvalue weighted by Gasteiger charge is 2.01. The van der Waals surface area contributed by atoms with Crippen LogP contribution >= 0.6 is 0 Å². The molecule has 0 unspecified atom stereocenters. The van der Waals surface area contributed by atoms with E-state index < -0.39 is 5.82 Å². The second-order valence-corrected chi connectivity index (χ2v) is 3.54. The normalized spacial score (nSPS) is 11.2. The minimum atomic E-state index is -0.691. The minimum absolute atomic E-state index is 0.262. The van der Waals surface area contributed by atoms with Crippen LogP contribution in [0, 0.1) is 12.7 Å². The number of aromatic nitrogens is 2. The summed E-state index contributed by atoms with van der Waals surface area (Å²) in [4.78, 5) is 3.97. The van der Waals surface area contributed by atoms with Crippen molar-refractivity contribution in [2.24, 2.45) is 5.10 Å². The summed E-state index contributed by atoms with van der Waals surface area (Å²) in [6, 6.07) is 3.99. The summed E-state index contributed by atoms with van der Waals surface area (Å²) in [5.74, 6) is -0.818. The minimum Gasteiger partial charge on any atom is -0.505 e. The average molecular weight is 234 g/mol. The van der Waals surface area contributed by atoms with Crippen LogP contribution in [-0.4, -0.2) is 21.0 Å².